The molecular weight excluding hydrogens is 246 g/mol. The summed E-state index contributed by atoms with van der Waals surface area (Å²) in [7, 11) is 0. The molecule has 6 heteroatoms. The number of aromatic nitrogens is 1. The van der Waals surface area contributed by atoms with Crippen molar-refractivity contribution in [3.63, 3.8) is 0 Å². The van der Waals surface area contributed by atoms with Crippen molar-refractivity contribution in [1.82, 2.24) is 10.5 Å². The molecule has 19 heavy (non-hydrogen) atoms. The van der Waals surface area contributed by atoms with Crippen molar-refractivity contribution in [1.29, 1.82) is 0 Å². The van der Waals surface area contributed by atoms with Crippen LogP contribution >= 0.6 is 0 Å². The van der Waals surface area contributed by atoms with Gasteiger partial charge in [-0.25, -0.2) is 4.79 Å². The van der Waals surface area contributed by atoms with Gasteiger partial charge in [-0.15, -0.1) is 0 Å². The molecule has 0 fully saturated rings. The summed E-state index contributed by atoms with van der Waals surface area (Å²) in [6.45, 7) is 3.83. The minimum Gasteiger partial charge on any atom is -0.396 e. The second-order valence-corrected chi connectivity index (χ2v) is 4.68. The number of rotatable bonds is 4. The summed E-state index contributed by atoms with van der Waals surface area (Å²) in [5, 5.41) is 18.5. The number of carbonyl (C=O) groups excluding carboxylic acids is 1. The van der Waals surface area contributed by atoms with E-state index in [4.69, 9.17) is 9.63 Å². The molecular formula is C13H19N3O3. The lowest BCUT2D eigenvalue weighted by molar-refractivity contribution is 0.238. The number of urea groups is 1. The number of nitrogens with zero attached hydrogens (tertiary/aromatic N) is 1. The van der Waals surface area contributed by atoms with Gasteiger partial charge in [0, 0.05) is 18.6 Å². The Bertz CT molecular complexity index is 481. The van der Waals surface area contributed by atoms with Gasteiger partial charge in [0.25, 0.3) is 0 Å². The van der Waals surface area contributed by atoms with E-state index in [-0.39, 0.29) is 24.6 Å². The number of anilines is 1. The van der Waals surface area contributed by atoms with Crippen molar-refractivity contribution >= 4 is 11.7 Å². The molecule has 104 valence electrons. The van der Waals surface area contributed by atoms with Gasteiger partial charge in [0.15, 0.2) is 5.76 Å². The lowest BCUT2D eigenvalue weighted by Crippen LogP contribution is -2.36. The van der Waals surface area contributed by atoms with E-state index < -0.39 is 0 Å². The van der Waals surface area contributed by atoms with Crippen LogP contribution in [0.15, 0.2) is 16.7 Å². The second-order valence-electron chi connectivity index (χ2n) is 4.68. The van der Waals surface area contributed by atoms with E-state index in [9.17, 15) is 4.79 Å². The number of hydrogen-bond acceptors (Lipinski definition) is 4. The summed E-state index contributed by atoms with van der Waals surface area (Å²) >= 11 is 0. The summed E-state index contributed by atoms with van der Waals surface area (Å²) in [4.78, 5) is 11.9. The first-order chi connectivity index (χ1) is 9.13. The number of hydrogen-bond donors (Lipinski definition) is 3. The average molecular weight is 265 g/mol. The van der Waals surface area contributed by atoms with Crippen LogP contribution in [-0.4, -0.2) is 28.9 Å². The van der Waals surface area contributed by atoms with Crippen molar-refractivity contribution in [2.24, 2.45) is 5.92 Å². The Morgan fingerprint density at radius 1 is 1.58 bits per heavy atom. The van der Waals surface area contributed by atoms with Gasteiger partial charge in [0.2, 0.25) is 0 Å². The standard InChI is InChI=1S/C13H19N3O3/c1-3-11-12(8(2)19-16-11)15-13(18)14-10-5-4-9(6-10)7-17/h4-5,9-10,17H,3,6-7H2,1-2H3,(H2,14,15,18)/t9-,10+/m0/s1. The second kappa shape index (κ2) is 5.88. The first-order valence-corrected chi connectivity index (χ1v) is 6.45. The highest BCUT2D eigenvalue weighted by molar-refractivity contribution is 5.90. The van der Waals surface area contributed by atoms with E-state index in [1.807, 2.05) is 19.1 Å². The van der Waals surface area contributed by atoms with Gasteiger partial charge >= 0.3 is 6.03 Å². The van der Waals surface area contributed by atoms with Crippen LogP contribution < -0.4 is 10.6 Å². The van der Waals surface area contributed by atoms with E-state index in [2.05, 4.69) is 15.8 Å². The van der Waals surface area contributed by atoms with E-state index >= 15 is 0 Å². The fraction of sp³-hybridized carbons (Fsp3) is 0.538. The predicted octanol–water partition coefficient (Wildman–Crippen LogP) is 1.60. The van der Waals surface area contributed by atoms with Gasteiger partial charge in [0.05, 0.1) is 0 Å². The minimum atomic E-state index is -0.283. The lowest BCUT2D eigenvalue weighted by atomic mass is 10.1. The monoisotopic (exact) mass is 265 g/mol. The molecule has 2 atom stereocenters. The molecule has 0 radical (unpaired) electrons. The van der Waals surface area contributed by atoms with Crippen molar-refractivity contribution < 1.29 is 14.4 Å². The van der Waals surface area contributed by atoms with Crippen LogP contribution in [0.25, 0.3) is 0 Å². The third-order valence-electron chi connectivity index (χ3n) is 3.23. The number of carbonyl (C=O) groups is 1. The number of amides is 2. The molecule has 0 aromatic carbocycles. The zero-order valence-corrected chi connectivity index (χ0v) is 11.1. The molecule has 3 N–H and O–H groups in total. The van der Waals surface area contributed by atoms with E-state index in [0.29, 0.717) is 17.9 Å². The summed E-state index contributed by atoms with van der Waals surface area (Å²) in [5.74, 6) is 0.732. The highest BCUT2D eigenvalue weighted by atomic mass is 16.5. The van der Waals surface area contributed by atoms with Gasteiger partial charge < -0.3 is 20.3 Å². The first-order valence-electron chi connectivity index (χ1n) is 6.45. The zero-order valence-electron chi connectivity index (χ0n) is 11.1. The molecule has 2 rings (SSSR count). The molecule has 0 spiro atoms. The fourth-order valence-electron chi connectivity index (χ4n) is 2.15. The van der Waals surface area contributed by atoms with Crippen molar-refractivity contribution in [2.75, 3.05) is 11.9 Å². The van der Waals surface area contributed by atoms with Crippen LogP contribution in [0.3, 0.4) is 0 Å². The van der Waals surface area contributed by atoms with Crippen LogP contribution in [0.1, 0.15) is 24.8 Å². The van der Waals surface area contributed by atoms with E-state index in [0.717, 1.165) is 12.1 Å². The fourth-order valence-corrected chi connectivity index (χ4v) is 2.15. The molecule has 1 aromatic heterocycles. The van der Waals surface area contributed by atoms with Crippen molar-refractivity contribution in [3.05, 3.63) is 23.6 Å². The lowest BCUT2D eigenvalue weighted by Gasteiger charge is -2.13. The Kier molecular flexibility index (Phi) is 4.21. The third-order valence-corrected chi connectivity index (χ3v) is 3.23. The smallest absolute Gasteiger partial charge is 0.319 e. The third kappa shape index (κ3) is 3.14. The molecule has 0 saturated heterocycles. The Hall–Kier alpha value is -1.82. The van der Waals surface area contributed by atoms with Gasteiger partial charge in [-0.3, -0.25) is 0 Å². The number of nitrogens with one attached hydrogen (secondary N) is 2. The zero-order chi connectivity index (χ0) is 13.8. The Labute approximate surface area is 111 Å². The Morgan fingerprint density at radius 3 is 3.00 bits per heavy atom. The van der Waals surface area contributed by atoms with Gasteiger partial charge in [-0.2, -0.15) is 0 Å². The van der Waals surface area contributed by atoms with Crippen molar-refractivity contribution in [2.45, 2.75) is 32.7 Å². The van der Waals surface area contributed by atoms with Gasteiger partial charge in [-0.1, -0.05) is 24.2 Å². The minimum absolute atomic E-state index is 0.0395. The topological polar surface area (TPSA) is 87.4 Å². The predicted molar refractivity (Wildman–Crippen MR) is 70.9 cm³/mol. The number of aliphatic hydroxyl groups is 1. The van der Waals surface area contributed by atoms with Crippen LogP contribution in [0.4, 0.5) is 10.5 Å². The molecule has 0 unspecified atom stereocenters. The van der Waals surface area contributed by atoms with Gasteiger partial charge in [0.1, 0.15) is 11.4 Å². The Balaban J connectivity index is 1.91. The molecule has 0 aliphatic heterocycles. The number of aliphatic hydroxyl groups excluding tert-OH is 1. The molecule has 0 bridgehead atoms. The van der Waals surface area contributed by atoms with Crippen LogP contribution in [0.5, 0.6) is 0 Å². The summed E-state index contributed by atoms with van der Waals surface area (Å²) in [6, 6.07) is -0.323. The quantitative estimate of drug-likeness (QED) is 0.722. The molecule has 6 nitrogen and oxygen atoms in total. The van der Waals surface area contributed by atoms with Crippen LogP contribution in [-0.2, 0) is 6.42 Å². The normalized spacial score (nSPS) is 21.6. The molecule has 0 saturated carbocycles. The molecule has 1 heterocycles. The average Bonchev–Trinajstić information content (AvgIpc) is 2.97. The highest BCUT2D eigenvalue weighted by Crippen LogP contribution is 2.21. The van der Waals surface area contributed by atoms with Crippen LogP contribution in [0, 0.1) is 12.8 Å². The summed E-state index contributed by atoms with van der Waals surface area (Å²) in [5.41, 5.74) is 1.38. The molecule has 1 aromatic rings. The number of aryl methyl sites for hydroxylation is 2. The maximum atomic E-state index is 11.9. The first kappa shape index (κ1) is 13.6. The van der Waals surface area contributed by atoms with Crippen LogP contribution in [0.2, 0.25) is 0 Å². The van der Waals surface area contributed by atoms with E-state index in [1.165, 1.54) is 0 Å². The Morgan fingerprint density at radius 2 is 2.37 bits per heavy atom. The molecule has 2 amide bonds. The maximum Gasteiger partial charge on any atom is 0.319 e. The maximum absolute atomic E-state index is 11.9. The summed E-state index contributed by atoms with van der Waals surface area (Å²) in [6.07, 6.45) is 5.25. The van der Waals surface area contributed by atoms with E-state index in [1.54, 1.807) is 6.92 Å². The summed E-state index contributed by atoms with van der Waals surface area (Å²) < 4.78 is 5.05. The van der Waals surface area contributed by atoms with Crippen molar-refractivity contribution in [3.8, 4) is 0 Å². The largest absolute Gasteiger partial charge is 0.396 e. The highest BCUT2D eigenvalue weighted by Gasteiger charge is 2.21. The van der Waals surface area contributed by atoms with Gasteiger partial charge in [-0.05, 0) is 19.8 Å². The SMILES string of the molecule is CCc1noc(C)c1NC(=O)N[C@@H]1C=C[C@H](CO)C1. The molecule has 1 aliphatic carbocycles. The molecule has 1 aliphatic rings.